The van der Waals surface area contributed by atoms with E-state index in [1.54, 1.807) is 4.90 Å². The number of rotatable bonds is 6. The molecule has 11 heteroatoms. The van der Waals surface area contributed by atoms with Crippen molar-refractivity contribution in [1.82, 2.24) is 9.80 Å². The number of carbonyl (C=O) groups excluding carboxylic acids is 2. The minimum Gasteiger partial charge on any atom is -0.490 e. The summed E-state index contributed by atoms with van der Waals surface area (Å²) < 4.78 is 45.3. The minimum absolute atomic E-state index is 0.0155. The molecule has 0 fully saturated rings. The maximum Gasteiger partial charge on any atom is 0.471 e. The van der Waals surface area contributed by atoms with E-state index in [4.69, 9.17) is 4.74 Å². The highest BCUT2D eigenvalue weighted by molar-refractivity contribution is 5.94. The second-order valence-corrected chi connectivity index (χ2v) is 7.73. The predicted octanol–water partition coefficient (Wildman–Crippen LogP) is 4.12. The lowest BCUT2D eigenvalue weighted by atomic mass is 9.87. The third kappa shape index (κ3) is 4.68. The van der Waals surface area contributed by atoms with Gasteiger partial charge in [-0.2, -0.15) is 13.2 Å². The highest BCUT2D eigenvalue weighted by Crippen LogP contribution is 2.42. The van der Waals surface area contributed by atoms with Gasteiger partial charge in [0.25, 0.3) is 5.91 Å². The van der Waals surface area contributed by atoms with Crippen molar-refractivity contribution in [3.05, 3.63) is 68.8 Å². The average Bonchev–Trinajstić information content (AvgIpc) is 2.82. The molecule has 1 heterocycles. The van der Waals surface area contributed by atoms with Gasteiger partial charge >= 0.3 is 17.8 Å². The fourth-order valence-electron chi connectivity index (χ4n) is 4.18. The number of carbonyl (C=O) groups is 2. The molecule has 0 spiro atoms. The van der Waals surface area contributed by atoms with Crippen LogP contribution in [0.1, 0.15) is 46.9 Å². The van der Waals surface area contributed by atoms with Crippen molar-refractivity contribution in [2.24, 2.45) is 0 Å². The van der Waals surface area contributed by atoms with Crippen molar-refractivity contribution in [2.45, 2.75) is 32.5 Å². The molecule has 0 bridgehead atoms. The molecule has 2 aromatic carbocycles. The number of amides is 2. The summed E-state index contributed by atoms with van der Waals surface area (Å²) in [6.07, 6.45) is -5.05. The number of alkyl halides is 3. The zero-order valence-corrected chi connectivity index (χ0v) is 18.9. The van der Waals surface area contributed by atoms with Crippen LogP contribution in [0.5, 0.6) is 5.75 Å². The SMILES string of the molecule is CCN(CC)C(=O)c1ccc(C2c3cc([N+](=O)[O-])c(OC)cc3CCN2C(=O)C(F)(F)F)cc1. The molecule has 2 aromatic rings. The first-order chi connectivity index (χ1) is 16.0. The molecule has 0 aromatic heterocycles. The van der Waals surface area contributed by atoms with Crippen LogP contribution < -0.4 is 4.74 Å². The van der Waals surface area contributed by atoms with Gasteiger partial charge in [-0.25, -0.2) is 0 Å². The zero-order chi connectivity index (χ0) is 25.2. The summed E-state index contributed by atoms with van der Waals surface area (Å²) in [5, 5.41) is 11.5. The summed E-state index contributed by atoms with van der Waals surface area (Å²) in [5.41, 5.74) is 0.981. The number of nitrogens with zero attached hydrogens (tertiary/aromatic N) is 3. The highest BCUT2D eigenvalue weighted by Gasteiger charge is 2.47. The first-order valence-corrected chi connectivity index (χ1v) is 10.7. The lowest BCUT2D eigenvalue weighted by Gasteiger charge is -2.38. The number of ether oxygens (including phenoxy) is 1. The van der Waals surface area contributed by atoms with E-state index in [-0.39, 0.29) is 30.2 Å². The van der Waals surface area contributed by atoms with Gasteiger partial charge in [-0.05, 0) is 55.2 Å². The topological polar surface area (TPSA) is 93.0 Å². The van der Waals surface area contributed by atoms with E-state index in [1.807, 2.05) is 13.8 Å². The number of halogens is 3. The number of hydrogen-bond donors (Lipinski definition) is 0. The Hall–Kier alpha value is -3.63. The molecule has 0 saturated carbocycles. The lowest BCUT2D eigenvalue weighted by Crippen LogP contribution is -2.47. The van der Waals surface area contributed by atoms with Crippen LogP contribution in [0.4, 0.5) is 18.9 Å². The molecule has 1 unspecified atom stereocenters. The smallest absolute Gasteiger partial charge is 0.471 e. The Morgan fingerprint density at radius 2 is 1.79 bits per heavy atom. The van der Waals surface area contributed by atoms with E-state index < -0.39 is 28.7 Å². The fourth-order valence-corrected chi connectivity index (χ4v) is 4.18. The molecule has 3 rings (SSSR count). The quantitative estimate of drug-likeness (QED) is 0.459. The van der Waals surface area contributed by atoms with Crippen LogP contribution in [-0.2, 0) is 11.2 Å². The summed E-state index contributed by atoms with van der Waals surface area (Å²) in [5.74, 6) is -2.28. The van der Waals surface area contributed by atoms with Gasteiger partial charge in [-0.1, -0.05) is 12.1 Å². The van der Waals surface area contributed by atoms with Gasteiger partial charge in [0.1, 0.15) is 0 Å². The van der Waals surface area contributed by atoms with Crippen LogP contribution in [0.2, 0.25) is 0 Å². The van der Waals surface area contributed by atoms with Crippen molar-refractivity contribution >= 4 is 17.5 Å². The molecule has 1 atom stereocenters. The van der Waals surface area contributed by atoms with E-state index in [2.05, 4.69) is 0 Å². The van der Waals surface area contributed by atoms with Crippen molar-refractivity contribution in [1.29, 1.82) is 0 Å². The molecule has 0 aliphatic carbocycles. The number of benzene rings is 2. The first-order valence-electron chi connectivity index (χ1n) is 10.7. The summed E-state index contributed by atoms with van der Waals surface area (Å²) in [6, 6.07) is 7.28. The fraction of sp³-hybridized carbons (Fsp3) is 0.391. The molecule has 0 saturated heterocycles. The second-order valence-electron chi connectivity index (χ2n) is 7.73. The largest absolute Gasteiger partial charge is 0.490 e. The maximum absolute atomic E-state index is 13.4. The molecular weight excluding hydrogens is 455 g/mol. The van der Waals surface area contributed by atoms with Gasteiger partial charge in [0, 0.05) is 31.3 Å². The summed E-state index contributed by atoms with van der Waals surface area (Å²) >= 11 is 0. The van der Waals surface area contributed by atoms with Gasteiger partial charge in [-0.15, -0.1) is 0 Å². The lowest BCUT2D eigenvalue weighted by molar-refractivity contribution is -0.385. The van der Waals surface area contributed by atoms with Crippen LogP contribution in [0, 0.1) is 10.1 Å². The Bertz CT molecular complexity index is 1100. The van der Waals surface area contributed by atoms with Crippen molar-refractivity contribution in [2.75, 3.05) is 26.7 Å². The Morgan fingerprint density at radius 1 is 1.18 bits per heavy atom. The standard InChI is InChI=1S/C23H24F3N3O5/c1-4-27(5-2)21(30)15-8-6-14(7-9-15)20-17-13-18(29(32)33)19(34-3)12-16(17)10-11-28(20)22(31)23(24,25)26/h6-9,12-13,20H,4-5,10-11H2,1-3H3. The van der Waals surface area contributed by atoms with Gasteiger partial charge in [0.2, 0.25) is 0 Å². The number of fused-ring (bicyclic) bond motifs is 1. The Morgan fingerprint density at radius 3 is 2.29 bits per heavy atom. The molecule has 1 aliphatic heterocycles. The van der Waals surface area contributed by atoms with Gasteiger partial charge < -0.3 is 14.5 Å². The van der Waals surface area contributed by atoms with E-state index in [1.165, 1.54) is 37.4 Å². The molecule has 0 radical (unpaired) electrons. The van der Waals surface area contributed by atoms with E-state index >= 15 is 0 Å². The van der Waals surface area contributed by atoms with Gasteiger partial charge in [0.15, 0.2) is 5.75 Å². The number of nitro benzene ring substituents is 1. The van der Waals surface area contributed by atoms with E-state index in [9.17, 15) is 32.9 Å². The van der Waals surface area contributed by atoms with Crippen LogP contribution in [0.3, 0.4) is 0 Å². The number of methoxy groups -OCH3 is 1. The number of nitro groups is 1. The Kier molecular flexibility index (Phi) is 7.13. The minimum atomic E-state index is -5.12. The Balaban J connectivity index is 2.14. The van der Waals surface area contributed by atoms with Gasteiger partial charge in [-0.3, -0.25) is 19.7 Å². The van der Waals surface area contributed by atoms with Crippen LogP contribution >= 0.6 is 0 Å². The number of hydrogen-bond acceptors (Lipinski definition) is 5. The maximum atomic E-state index is 13.4. The van der Waals surface area contributed by atoms with Crippen LogP contribution in [-0.4, -0.2) is 59.5 Å². The average molecular weight is 479 g/mol. The van der Waals surface area contributed by atoms with Crippen molar-refractivity contribution < 1.29 is 32.4 Å². The molecular formula is C23H24F3N3O5. The van der Waals surface area contributed by atoms with Crippen molar-refractivity contribution in [3.63, 3.8) is 0 Å². The first kappa shape index (κ1) is 25.0. The molecule has 182 valence electrons. The predicted molar refractivity (Wildman–Crippen MR) is 117 cm³/mol. The second kappa shape index (κ2) is 9.70. The summed E-state index contributed by atoms with van der Waals surface area (Å²) in [6.45, 7) is 4.41. The third-order valence-electron chi connectivity index (χ3n) is 5.89. The normalized spacial score (nSPS) is 15.5. The van der Waals surface area contributed by atoms with E-state index in [0.717, 1.165) is 6.07 Å². The summed E-state index contributed by atoms with van der Waals surface area (Å²) in [4.78, 5) is 38.0. The molecule has 34 heavy (non-hydrogen) atoms. The van der Waals surface area contributed by atoms with Crippen LogP contribution in [0.25, 0.3) is 0 Å². The summed E-state index contributed by atoms with van der Waals surface area (Å²) in [7, 11) is 1.26. The van der Waals surface area contributed by atoms with Crippen molar-refractivity contribution in [3.8, 4) is 5.75 Å². The zero-order valence-electron chi connectivity index (χ0n) is 18.9. The molecule has 1 aliphatic rings. The highest BCUT2D eigenvalue weighted by atomic mass is 19.4. The monoisotopic (exact) mass is 479 g/mol. The third-order valence-corrected chi connectivity index (χ3v) is 5.89. The Labute approximate surface area is 194 Å². The van der Waals surface area contributed by atoms with Gasteiger partial charge in [0.05, 0.1) is 18.1 Å². The molecule has 0 N–H and O–H groups in total. The van der Waals surface area contributed by atoms with Crippen LogP contribution in [0.15, 0.2) is 36.4 Å². The van der Waals surface area contributed by atoms with E-state index in [0.29, 0.717) is 34.7 Å². The molecule has 2 amide bonds. The molecule has 8 nitrogen and oxygen atoms in total.